The molecule has 9 nitrogen and oxygen atoms in total. The molecule has 0 aromatic heterocycles. The number of unbranched alkanes of at least 4 members (excludes halogenated alkanes) is 5. The van der Waals surface area contributed by atoms with Crippen molar-refractivity contribution in [2.24, 2.45) is 0 Å². The molecule has 0 aliphatic heterocycles. The van der Waals surface area contributed by atoms with Gasteiger partial charge in [-0.1, -0.05) is 136 Å². The summed E-state index contributed by atoms with van der Waals surface area (Å²) in [5.74, 6) is -0.953. The molecule has 0 aromatic carbocycles. The van der Waals surface area contributed by atoms with Crippen molar-refractivity contribution in [1.29, 1.82) is 0 Å². The number of carbonyl (C=O) groups excluding carboxylic acids is 2. The molecule has 2 atom stereocenters. The van der Waals surface area contributed by atoms with Gasteiger partial charge in [0.05, 0.1) is 27.7 Å². The minimum Gasteiger partial charge on any atom is -0.756 e. The first-order valence-corrected chi connectivity index (χ1v) is 23.1. The molecule has 0 saturated heterocycles. The van der Waals surface area contributed by atoms with Gasteiger partial charge in [-0.2, -0.15) is 0 Å². The molecule has 0 aromatic rings. The summed E-state index contributed by atoms with van der Waals surface area (Å²) in [6.45, 7) is 3.90. The zero-order valence-corrected chi connectivity index (χ0v) is 37.6. The molecule has 0 heterocycles. The maximum Gasteiger partial charge on any atom is 0.306 e. The van der Waals surface area contributed by atoms with E-state index in [4.69, 9.17) is 18.5 Å². The zero-order valence-electron chi connectivity index (χ0n) is 36.7. The Bertz CT molecular complexity index is 1350. The number of quaternary nitrogens is 1. The van der Waals surface area contributed by atoms with Gasteiger partial charge in [-0.05, 0) is 89.9 Å². The molecule has 0 rings (SSSR count). The standard InChI is InChI=1S/C48H78NO8P/c1-6-8-10-12-14-16-18-20-22-24-26-28-30-32-34-36-38-40-47(50)54-44-46(45-56-58(52,53)55-43-42-49(3,4)5)57-48(51)41-39-37-35-33-31-29-27-25-23-21-19-17-15-13-11-9-7-2/h8,10-11,13-14,16-17,19-20,22-23,25-26,28-29,31-32,34,46H,6-7,9,12,15,18,21,24,27,30,33,35-45H2,1-5H3/b10-8+,13-11+,16-14+,19-17+,22-20+,25-23+,28-26+,31-29+,34-32+/t46-/m1/s1. The zero-order chi connectivity index (χ0) is 42.8. The molecule has 0 amide bonds. The fraction of sp³-hybridized carbons (Fsp3) is 0.583. The Balaban J connectivity index is 4.56. The third kappa shape index (κ3) is 42.3. The lowest BCUT2D eigenvalue weighted by atomic mass is 10.1. The minimum atomic E-state index is -4.65. The predicted octanol–water partition coefficient (Wildman–Crippen LogP) is 11.7. The van der Waals surface area contributed by atoms with Gasteiger partial charge >= 0.3 is 11.9 Å². The predicted molar refractivity (Wildman–Crippen MR) is 240 cm³/mol. The lowest BCUT2D eigenvalue weighted by Crippen LogP contribution is -2.37. The van der Waals surface area contributed by atoms with E-state index in [9.17, 15) is 19.0 Å². The summed E-state index contributed by atoms with van der Waals surface area (Å²) >= 11 is 0. The van der Waals surface area contributed by atoms with Crippen molar-refractivity contribution in [3.8, 4) is 0 Å². The third-order valence-electron chi connectivity index (χ3n) is 8.26. The van der Waals surface area contributed by atoms with E-state index in [1.54, 1.807) is 0 Å². The molecule has 0 radical (unpaired) electrons. The lowest BCUT2D eigenvalue weighted by molar-refractivity contribution is -0.870. The van der Waals surface area contributed by atoms with Crippen molar-refractivity contribution >= 4 is 19.8 Å². The fourth-order valence-electron chi connectivity index (χ4n) is 4.91. The van der Waals surface area contributed by atoms with Crippen molar-refractivity contribution in [2.45, 2.75) is 136 Å². The summed E-state index contributed by atoms with van der Waals surface area (Å²) < 4.78 is 33.8. The summed E-state index contributed by atoms with van der Waals surface area (Å²) in [5, 5.41) is 0. The van der Waals surface area contributed by atoms with Gasteiger partial charge in [0.2, 0.25) is 0 Å². The SMILES string of the molecule is CC/C=C/C/C=C/C/C=C/C/C=C/C/C=C/CCCC(=O)OC[C@H](COP(=O)([O-])OCC[N+](C)(C)C)OC(=O)CCCCC/C=C/C/C=C/C/C=C/C/C=C/CCC. The summed E-state index contributed by atoms with van der Waals surface area (Å²) in [4.78, 5) is 37.5. The highest BCUT2D eigenvalue weighted by atomic mass is 31.2. The highest BCUT2D eigenvalue weighted by molar-refractivity contribution is 7.45. The number of ether oxygens (including phenoxy) is 2. The first-order chi connectivity index (χ1) is 28.0. The van der Waals surface area contributed by atoms with Crippen LogP contribution in [0.4, 0.5) is 0 Å². The topological polar surface area (TPSA) is 111 Å². The van der Waals surface area contributed by atoms with Crippen LogP contribution >= 0.6 is 7.82 Å². The van der Waals surface area contributed by atoms with Gasteiger partial charge in [-0.3, -0.25) is 14.2 Å². The van der Waals surface area contributed by atoms with Crippen LogP contribution in [0.25, 0.3) is 0 Å². The largest absolute Gasteiger partial charge is 0.756 e. The Kier molecular flexibility index (Phi) is 36.9. The van der Waals surface area contributed by atoms with E-state index in [0.29, 0.717) is 23.9 Å². The fourth-order valence-corrected chi connectivity index (χ4v) is 5.64. The van der Waals surface area contributed by atoms with E-state index < -0.39 is 32.5 Å². The van der Waals surface area contributed by atoms with E-state index in [0.717, 1.165) is 83.5 Å². The van der Waals surface area contributed by atoms with Gasteiger partial charge in [0.25, 0.3) is 7.82 Å². The highest BCUT2D eigenvalue weighted by Gasteiger charge is 2.21. The van der Waals surface area contributed by atoms with Crippen LogP contribution in [0.2, 0.25) is 0 Å². The van der Waals surface area contributed by atoms with Crippen LogP contribution in [-0.4, -0.2) is 70.0 Å². The van der Waals surface area contributed by atoms with Gasteiger partial charge in [-0.25, -0.2) is 0 Å². The average molecular weight is 828 g/mol. The van der Waals surface area contributed by atoms with Gasteiger partial charge in [-0.15, -0.1) is 0 Å². The van der Waals surface area contributed by atoms with E-state index in [1.807, 2.05) is 27.2 Å². The van der Waals surface area contributed by atoms with Crippen LogP contribution in [-0.2, 0) is 32.7 Å². The van der Waals surface area contributed by atoms with Crippen molar-refractivity contribution < 1.29 is 42.1 Å². The summed E-state index contributed by atoms with van der Waals surface area (Å²) in [6.07, 6.45) is 52.7. The van der Waals surface area contributed by atoms with Crippen LogP contribution < -0.4 is 4.89 Å². The molecule has 328 valence electrons. The average Bonchev–Trinajstić information content (AvgIpc) is 3.17. The number of hydrogen-bond donors (Lipinski definition) is 0. The molecule has 0 spiro atoms. The molecular weight excluding hydrogens is 750 g/mol. The number of hydrogen-bond acceptors (Lipinski definition) is 8. The first kappa shape index (κ1) is 54.7. The van der Waals surface area contributed by atoms with Gasteiger partial charge in [0.15, 0.2) is 6.10 Å². The van der Waals surface area contributed by atoms with Gasteiger partial charge < -0.3 is 27.9 Å². The van der Waals surface area contributed by atoms with Crippen LogP contribution in [0, 0.1) is 0 Å². The van der Waals surface area contributed by atoms with Gasteiger partial charge in [0.1, 0.15) is 19.8 Å². The maximum absolute atomic E-state index is 12.7. The second-order valence-corrected chi connectivity index (χ2v) is 16.4. The second kappa shape index (κ2) is 39.1. The molecule has 0 aliphatic rings. The number of likely N-dealkylation sites (N-methyl/N-ethyl adjacent to an activating group) is 1. The number of carbonyl (C=O) groups is 2. The highest BCUT2D eigenvalue weighted by Crippen LogP contribution is 2.38. The van der Waals surface area contributed by atoms with Crippen LogP contribution in [0.15, 0.2) is 109 Å². The molecule has 0 aliphatic carbocycles. The van der Waals surface area contributed by atoms with Gasteiger partial charge in [0, 0.05) is 12.8 Å². The molecule has 58 heavy (non-hydrogen) atoms. The van der Waals surface area contributed by atoms with E-state index in [1.165, 1.54) is 6.42 Å². The normalized spacial score (nSPS) is 14.7. The molecule has 0 saturated carbocycles. The molecule has 0 bridgehead atoms. The number of rotatable bonds is 37. The Hall–Kier alpha value is -3.33. The molecule has 1 unspecified atom stereocenters. The number of phosphoric ester groups is 1. The monoisotopic (exact) mass is 828 g/mol. The third-order valence-corrected chi connectivity index (χ3v) is 9.22. The van der Waals surface area contributed by atoms with E-state index in [-0.39, 0.29) is 26.1 Å². The number of phosphoric acid groups is 1. The van der Waals surface area contributed by atoms with Crippen LogP contribution in [0.1, 0.15) is 129 Å². The van der Waals surface area contributed by atoms with Crippen molar-refractivity contribution in [1.82, 2.24) is 0 Å². The quantitative estimate of drug-likeness (QED) is 0.0200. The summed E-state index contributed by atoms with van der Waals surface area (Å²) in [5.41, 5.74) is 0. The summed E-state index contributed by atoms with van der Waals surface area (Å²) in [6, 6.07) is 0. The van der Waals surface area contributed by atoms with Crippen molar-refractivity contribution in [2.75, 3.05) is 47.5 Å². The Labute approximate surface area is 353 Å². The van der Waals surface area contributed by atoms with E-state index >= 15 is 0 Å². The Morgan fingerprint density at radius 3 is 1.48 bits per heavy atom. The number of nitrogens with zero attached hydrogens (tertiary/aromatic N) is 1. The molecule has 10 heteroatoms. The second-order valence-electron chi connectivity index (χ2n) is 15.0. The number of allylic oxidation sites excluding steroid dienone is 18. The van der Waals surface area contributed by atoms with Crippen molar-refractivity contribution in [3.63, 3.8) is 0 Å². The Morgan fingerprint density at radius 2 is 1.00 bits per heavy atom. The lowest BCUT2D eigenvalue weighted by Gasteiger charge is -2.28. The smallest absolute Gasteiger partial charge is 0.306 e. The molecular formula is C48H78NO8P. The van der Waals surface area contributed by atoms with Crippen LogP contribution in [0.3, 0.4) is 0 Å². The number of esters is 2. The molecule has 0 fully saturated rings. The maximum atomic E-state index is 12.7. The minimum absolute atomic E-state index is 0.0530. The van der Waals surface area contributed by atoms with E-state index in [2.05, 4.69) is 117 Å². The first-order valence-electron chi connectivity index (χ1n) is 21.6. The molecule has 0 N–H and O–H groups in total. The Morgan fingerprint density at radius 1 is 0.552 bits per heavy atom. The van der Waals surface area contributed by atoms with Crippen LogP contribution in [0.5, 0.6) is 0 Å². The van der Waals surface area contributed by atoms with Crippen molar-refractivity contribution in [3.05, 3.63) is 109 Å². The summed E-state index contributed by atoms with van der Waals surface area (Å²) in [7, 11) is 1.09.